The highest BCUT2D eigenvalue weighted by atomic mass is 19.5. The van der Waals surface area contributed by atoms with Gasteiger partial charge in [0.25, 0.3) is 0 Å². The van der Waals surface area contributed by atoms with Gasteiger partial charge in [-0.2, -0.15) is 0 Å². The van der Waals surface area contributed by atoms with Crippen molar-refractivity contribution < 1.29 is 17.3 Å². The molecule has 1 aromatic heterocycles. The van der Waals surface area contributed by atoms with E-state index in [4.69, 9.17) is 5.73 Å². The fraction of sp³-hybridized carbons (Fsp3) is 0.571. The van der Waals surface area contributed by atoms with Gasteiger partial charge in [-0.25, -0.2) is 4.98 Å². The maximum absolute atomic E-state index is 9.75. The first-order chi connectivity index (χ1) is 6.84. The molecule has 1 heterocycles. The van der Waals surface area contributed by atoms with Gasteiger partial charge in [0, 0.05) is 18.4 Å². The molecule has 0 spiro atoms. The normalized spacial score (nSPS) is 12.9. The minimum absolute atomic E-state index is 0.479. The summed E-state index contributed by atoms with van der Waals surface area (Å²) >= 11 is 0. The molecule has 3 nitrogen and oxygen atoms in total. The second kappa shape index (κ2) is 6.44. The Morgan fingerprint density at radius 2 is 1.93 bits per heavy atom. The summed E-state index contributed by atoms with van der Waals surface area (Å²) in [6, 6.07) is 0.479. The molecule has 88 valence electrons. The third-order valence-electron chi connectivity index (χ3n) is 1.62. The van der Waals surface area contributed by atoms with Crippen molar-refractivity contribution in [3.8, 4) is 0 Å². The summed E-state index contributed by atoms with van der Waals surface area (Å²) in [4.78, 5) is 3.95. The quantitative estimate of drug-likeness (QED) is 0.633. The number of rotatable bonds is 3. The lowest BCUT2D eigenvalue weighted by Crippen LogP contribution is -2.09. The average molecular weight is 226 g/mol. The van der Waals surface area contributed by atoms with Crippen LogP contribution in [-0.4, -0.2) is 23.4 Å². The first-order valence-corrected chi connectivity index (χ1v) is 4.39. The third-order valence-corrected chi connectivity index (χ3v) is 1.62. The van der Waals surface area contributed by atoms with Gasteiger partial charge in [0.05, 0.1) is 6.33 Å². The molecule has 0 amide bonds. The maximum atomic E-state index is 9.75. The van der Waals surface area contributed by atoms with Crippen LogP contribution in [0, 0.1) is 0 Å². The standard InChI is InChI=1S/C7H13N3.BF4/c1-7(2-3-8)10-5-4-9-6-10;2-1(3,4)5/h4-7H,2-3,8H2,1H3;/q;-1. The lowest BCUT2D eigenvalue weighted by atomic mass is 10.2. The summed E-state index contributed by atoms with van der Waals surface area (Å²) < 4.78 is 41.1. The molecule has 0 bridgehead atoms. The van der Waals surface area contributed by atoms with Crippen LogP contribution in [0.25, 0.3) is 0 Å². The molecule has 8 heteroatoms. The van der Waals surface area contributed by atoms with E-state index >= 15 is 0 Å². The van der Waals surface area contributed by atoms with E-state index in [1.807, 2.05) is 12.5 Å². The first kappa shape index (κ1) is 14.0. The highest BCUT2D eigenvalue weighted by Crippen LogP contribution is 2.07. The van der Waals surface area contributed by atoms with Crippen molar-refractivity contribution in [2.45, 2.75) is 19.4 Å². The van der Waals surface area contributed by atoms with E-state index in [0.29, 0.717) is 6.04 Å². The Balaban J connectivity index is 0.000000336. The van der Waals surface area contributed by atoms with Gasteiger partial charge in [0.2, 0.25) is 0 Å². The van der Waals surface area contributed by atoms with Crippen molar-refractivity contribution in [1.82, 2.24) is 9.55 Å². The van der Waals surface area contributed by atoms with Gasteiger partial charge >= 0.3 is 7.25 Å². The number of nitrogens with two attached hydrogens (primary N) is 1. The molecule has 0 aliphatic carbocycles. The Morgan fingerprint density at radius 1 is 1.40 bits per heavy atom. The number of nitrogens with zero attached hydrogens (tertiary/aromatic N) is 2. The second-order valence-corrected chi connectivity index (χ2v) is 2.93. The molecule has 1 unspecified atom stereocenters. The molecule has 0 aromatic carbocycles. The van der Waals surface area contributed by atoms with E-state index in [1.165, 1.54) is 0 Å². The van der Waals surface area contributed by atoms with Gasteiger partial charge in [-0.3, -0.25) is 0 Å². The lowest BCUT2D eigenvalue weighted by Gasteiger charge is -2.10. The Bertz CT molecular complexity index is 243. The molecule has 0 saturated carbocycles. The van der Waals surface area contributed by atoms with Crippen molar-refractivity contribution in [3.05, 3.63) is 18.7 Å². The van der Waals surface area contributed by atoms with Crippen LogP contribution in [0.5, 0.6) is 0 Å². The zero-order valence-corrected chi connectivity index (χ0v) is 8.28. The van der Waals surface area contributed by atoms with Crippen LogP contribution >= 0.6 is 0 Å². The molecule has 0 fully saturated rings. The van der Waals surface area contributed by atoms with Crippen molar-refractivity contribution >= 4 is 7.25 Å². The Morgan fingerprint density at radius 3 is 2.27 bits per heavy atom. The zero-order valence-electron chi connectivity index (χ0n) is 8.28. The van der Waals surface area contributed by atoms with Crippen molar-refractivity contribution in [1.29, 1.82) is 0 Å². The Kier molecular flexibility index (Phi) is 5.99. The van der Waals surface area contributed by atoms with Crippen LogP contribution in [0.1, 0.15) is 19.4 Å². The highest BCUT2D eigenvalue weighted by molar-refractivity contribution is 6.50. The predicted octanol–water partition coefficient (Wildman–Crippen LogP) is 2.09. The highest BCUT2D eigenvalue weighted by Gasteiger charge is 2.20. The van der Waals surface area contributed by atoms with Crippen LogP contribution in [0.2, 0.25) is 0 Å². The summed E-state index contributed by atoms with van der Waals surface area (Å²) in [6.07, 6.45) is 6.57. The van der Waals surface area contributed by atoms with E-state index in [0.717, 1.165) is 13.0 Å². The SMILES string of the molecule is CC(CCN)n1ccnc1.F[B-](F)(F)F. The number of aromatic nitrogens is 2. The summed E-state index contributed by atoms with van der Waals surface area (Å²) in [6.45, 7) is 2.87. The van der Waals surface area contributed by atoms with E-state index in [2.05, 4.69) is 16.5 Å². The molecule has 1 rings (SSSR count). The molecule has 0 saturated heterocycles. The van der Waals surface area contributed by atoms with E-state index < -0.39 is 7.25 Å². The smallest absolute Gasteiger partial charge is 0.418 e. The molecule has 1 aromatic rings. The van der Waals surface area contributed by atoms with Crippen LogP contribution in [-0.2, 0) is 0 Å². The third kappa shape index (κ3) is 9.26. The van der Waals surface area contributed by atoms with Gasteiger partial charge in [0.15, 0.2) is 0 Å². The summed E-state index contributed by atoms with van der Waals surface area (Å²) in [5.74, 6) is 0. The number of halogens is 4. The fourth-order valence-electron chi connectivity index (χ4n) is 0.920. The number of imidazole rings is 1. The lowest BCUT2D eigenvalue weighted by molar-refractivity contribution is 0.368. The molecule has 0 radical (unpaired) electrons. The van der Waals surface area contributed by atoms with Gasteiger partial charge in [-0.05, 0) is 19.9 Å². The van der Waals surface area contributed by atoms with Crippen LogP contribution < -0.4 is 5.73 Å². The van der Waals surface area contributed by atoms with Gasteiger partial charge < -0.3 is 27.6 Å². The topological polar surface area (TPSA) is 43.8 Å². The summed E-state index contributed by atoms with van der Waals surface area (Å²) in [5, 5.41) is 0. The molecular weight excluding hydrogens is 213 g/mol. The molecule has 15 heavy (non-hydrogen) atoms. The predicted molar refractivity (Wildman–Crippen MR) is 50.8 cm³/mol. The zero-order chi connectivity index (χ0) is 11.9. The number of hydrogen-bond acceptors (Lipinski definition) is 2. The monoisotopic (exact) mass is 226 g/mol. The van der Waals surface area contributed by atoms with Gasteiger partial charge in [-0.15, -0.1) is 0 Å². The Hall–Kier alpha value is -1.05. The van der Waals surface area contributed by atoms with Crippen LogP contribution in [0.3, 0.4) is 0 Å². The fourth-order valence-corrected chi connectivity index (χ4v) is 0.920. The molecule has 0 aliphatic heterocycles. The minimum Gasteiger partial charge on any atom is -0.418 e. The summed E-state index contributed by atoms with van der Waals surface area (Å²) in [5.41, 5.74) is 5.40. The number of hydrogen-bond donors (Lipinski definition) is 1. The second-order valence-electron chi connectivity index (χ2n) is 2.93. The molecular formula is C7H13BF4N3-. The van der Waals surface area contributed by atoms with Crippen LogP contribution in [0.15, 0.2) is 18.7 Å². The largest absolute Gasteiger partial charge is 0.673 e. The minimum atomic E-state index is -6.00. The average Bonchev–Trinajstić information content (AvgIpc) is 2.52. The van der Waals surface area contributed by atoms with Crippen molar-refractivity contribution in [2.75, 3.05) is 6.54 Å². The van der Waals surface area contributed by atoms with E-state index in [9.17, 15) is 17.3 Å². The maximum Gasteiger partial charge on any atom is 0.673 e. The van der Waals surface area contributed by atoms with Crippen LogP contribution in [0.4, 0.5) is 17.3 Å². The van der Waals surface area contributed by atoms with Crippen molar-refractivity contribution in [3.63, 3.8) is 0 Å². The van der Waals surface area contributed by atoms with E-state index in [1.54, 1.807) is 6.20 Å². The van der Waals surface area contributed by atoms with Crippen molar-refractivity contribution in [2.24, 2.45) is 5.73 Å². The first-order valence-electron chi connectivity index (χ1n) is 4.39. The van der Waals surface area contributed by atoms with E-state index in [-0.39, 0.29) is 0 Å². The summed E-state index contributed by atoms with van der Waals surface area (Å²) in [7, 11) is -6.00. The molecule has 0 aliphatic rings. The molecule has 1 atom stereocenters. The van der Waals surface area contributed by atoms with Gasteiger partial charge in [0.1, 0.15) is 0 Å². The Labute approximate surface area is 85.4 Å². The van der Waals surface area contributed by atoms with Gasteiger partial charge in [-0.1, -0.05) is 0 Å². The molecule has 2 N–H and O–H groups in total.